The molecule has 1 heterocycles. The second-order valence-electron chi connectivity index (χ2n) is 3.95. The fourth-order valence-electron chi connectivity index (χ4n) is 1.79. The maximum absolute atomic E-state index is 13.2. The highest BCUT2D eigenvalue weighted by Gasteiger charge is 2.15. The number of nitrogen functional groups attached to an aromatic ring is 1. The van der Waals surface area contributed by atoms with Crippen molar-refractivity contribution in [3.63, 3.8) is 0 Å². The Morgan fingerprint density at radius 3 is 2.63 bits per heavy atom. The van der Waals surface area contributed by atoms with E-state index >= 15 is 0 Å². The highest BCUT2D eigenvalue weighted by Crippen LogP contribution is 2.40. The van der Waals surface area contributed by atoms with Gasteiger partial charge in [-0.15, -0.1) is 11.3 Å². The van der Waals surface area contributed by atoms with Crippen LogP contribution in [0.15, 0.2) is 30.3 Å². The van der Waals surface area contributed by atoms with Crippen molar-refractivity contribution in [2.75, 3.05) is 5.73 Å². The summed E-state index contributed by atoms with van der Waals surface area (Å²) in [5.41, 5.74) is 7.50. The quantitative estimate of drug-likeness (QED) is 0.643. The van der Waals surface area contributed by atoms with E-state index in [1.54, 1.807) is 18.2 Å². The zero-order chi connectivity index (χ0) is 13.6. The first kappa shape index (κ1) is 12.7. The maximum atomic E-state index is 13.2. The van der Waals surface area contributed by atoms with Crippen molar-refractivity contribution in [2.45, 2.75) is 0 Å². The highest BCUT2D eigenvalue weighted by atomic mass is 35.5. The summed E-state index contributed by atoms with van der Waals surface area (Å²) in [5, 5.41) is 1.52. The van der Waals surface area contributed by atoms with Gasteiger partial charge in [-0.2, -0.15) is 0 Å². The molecule has 0 unspecified atom stereocenters. The van der Waals surface area contributed by atoms with Crippen LogP contribution in [0.2, 0.25) is 10.0 Å². The van der Waals surface area contributed by atoms with Crippen molar-refractivity contribution in [1.82, 2.24) is 4.98 Å². The molecule has 0 amide bonds. The van der Waals surface area contributed by atoms with Gasteiger partial charge in [-0.25, -0.2) is 9.37 Å². The molecule has 0 spiro atoms. The van der Waals surface area contributed by atoms with E-state index in [4.69, 9.17) is 28.9 Å². The number of nitrogens with zero attached hydrogens (tertiary/aromatic N) is 1. The Bertz CT molecular complexity index is 786. The van der Waals surface area contributed by atoms with Gasteiger partial charge >= 0.3 is 0 Å². The lowest BCUT2D eigenvalue weighted by Crippen LogP contribution is -1.91. The number of rotatable bonds is 1. The van der Waals surface area contributed by atoms with Crippen LogP contribution in [0.25, 0.3) is 20.8 Å². The van der Waals surface area contributed by atoms with Crippen LogP contribution in [0.5, 0.6) is 0 Å². The third-order valence-electron chi connectivity index (χ3n) is 2.70. The van der Waals surface area contributed by atoms with Crippen LogP contribution in [0.1, 0.15) is 0 Å². The molecule has 0 radical (unpaired) electrons. The molecule has 2 nitrogen and oxygen atoms in total. The average molecular weight is 313 g/mol. The number of fused-ring (bicyclic) bond motifs is 1. The van der Waals surface area contributed by atoms with Crippen LogP contribution in [-0.2, 0) is 0 Å². The molecule has 0 saturated carbocycles. The van der Waals surface area contributed by atoms with Gasteiger partial charge in [0.25, 0.3) is 0 Å². The number of hydrogen-bond acceptors (Lipinski definition) is 3. The van der Waals surface area contributed by atoms with Crippen LogP contribution in [0.4, 0.5) is 10.1 Å². The first-order chi connectivity index (χ1) is 9.06. The SMILES string of the molecule is Nc1c(Cl)ccc(Cl)c1-c1nc2cc(F)ccc2s1. The van der Waals surface area contributed by atoms with Crippen LogP contribution in [-0.4, -0.2) is 4.98 Å². The van der Waals surface area contributed by atoms with E-state index in [-0.39, 0.29) is 5.82 Å². The van der Waals surface area contributed by atoms with Gasteiger partial charge in [0.1, 0.15) is 10.8 Å². The largest absolute Gasteiger partial charge is 0.397 e. The Morgan fingerprint density at radius 2 is 1.84 bits per heavy atom. The van der Waals surface area contributed by atoms with Crippen molar-refractivity contribution in [3.8, 4) is 10.6 Å². The van der Waals surface area contributed by atoms with E-state index in [1.165, 1.54) is 23.5 Å². The second kappa shape index (κ2) is 4.63. The van der Waals surface area contributed by atoms with Gasteiger partial charge in [0, 0.05) is 6.07 Å². The monoisotopic (exact) mass is 312 g/mol. The number of aromatic nitrogens is 1. The van der Waals surface area contributed by atoms with Gasteiger partial charge in [0.05, 0.1) is 31.5 Å². The molecule has 96 valence electrons. The minimum atomic E-state index is -0.325. The van der Waals surface area contributed by atoms with Crippen molar-refractivity contribution in [1.29, 1.82) is 0 Å². The summed E-state index contributed by atoms with van der Waals surface area (Å²) in [6, 6.07) is 7.76. The van der Waals surface area contributed by atoms with E-state index in [0.717, 1.165) is 4.70 Å². The third-order valence-corrected chi connectivity index (χ3v) is 4.40. The Morgan fingerprint density at radius 1 is 1.11 bits per heavy atom. The fraction of sp³-hybridized carbons (Fsp3) is 0. The first-order valence-corrected chi connectivity index (χ1v) is 6.93. The van der Waals surface area contributed by atoms with E-state index in [1.807, 2.05) is 0 Å². The number of benzene rings is 2. The molecule has 0 fully saturated rings. The molecule has 2 N–H and O–H groups in total. The first-order valence-electron chi connectivity index (χ1n) is 5.36. The van der Waals surface area contributed by atoms with Crippen molar-refractivity contribution < 1.29 is 4.39 Å². The summed E-state index contributed by atoms with van der Waals surface area (Å²) in [5.74, 6) is -0.325. The molecule has 0 aliphatic carbocycles. The smallest absolute Gasteiger partial charge is 0.128 e. The molecule has 6 heteroatoms. The summed E-state index contributed by atoms with van der Waals surface area (Å²) < 4.78 is 14.0. The summed E-state index contributed by atoms with van der Waals surface area (Å²) in [4.78, 5) is 4.36. The van der Waals surface area contributed by atoms with E-state index < -0.39 is 0 Å². The van der Waals surface area contributed by atoms with Gasteiger partial charge < -0.3 is 5.73 Å². The molecule has 0 aliphatic rings. The van der Waals surface area contributed by atoms with E-state index in [9.17, 15) is 4.39 Å². The Balaban J connectivity index is 2.27. The molecule has 3 rings (SSSR count). The number of halogens is 3. The van der Waals surface area contributed by atoms with Crippen molar-refractivity contribution in [3.05, 3.63) is 46.2 Å². The lowest BCUT2D eigenvalue weighted by molar-refractivity contribution is 0.629. The summed E-state index contributed by atoms with van der Waals surface area (Å²) in [6.07, 6.45) is 0. The lowest BCUT2D eigenvalue weighted by Gasteiger charge is -2.06. The second-order valence-corrected chi connectivity index (χ2v) is 5.79. The van der Waals surface area contributed by atoms with Crippen molar-refractivity contribution >= 4 is 50.4 Å². The molecule has 3 aromatic rings. The Kier molecular flexibility index (Phi) is 3.09. The molecule has 1 aromatic heterocycles. The molecule has 19 heavy (non-hydrogen) atoms. The number of thiazole rings is 1. The summed E-state index contributed by atoms with van der Waals surface area (Å²) in [6.45, 7) is 0. The van der Waals surface area contributed by atoms with Crippen LogP contribution < -0.4 is 5.73 Å². The van der Waals surface area contributed by atoms with Gasteiger partial charge in [-0.05, 0) is 24.3 Å². The van der Waals surface area contributed by atoms with Gasteiger partial charge in [-0.3, -0.25) is 0 Å². The van der Waals surface area contributed by atoms with Crippen LogP contribution >= 0.6 is 34.5 Å². The minimum Gasteiger partial charge on any atom is -0.397 e. The highest BCUT2D eigenvalue weighted by molar-refractivity contribution is 7.21. The van der Waals surface area contributed by atoms with Crippen LogP contribution in [0.3, 0.4) is 0 Å². The predicted molar refractivity (Wildman–Crippen MR) is 79.4 cm³/mol. The molecule has 0 saturated heterocycles. The molecule has 0 aliphatic heterocycles. The van der Waals surface area contributed by atoms with Gasteiger partial charge in [0.15, 0.2) is 0 Å². The van der Waals surface area contributed by atoms with Gasteiger partial charge in [0.2, 0.25) is 0 Å². The number of anilines is 1. The standard InChI is InChI=1S/C13H7Cl2FN2S/c14-7-2-3-8(15)12(17)11(7)13-18-9-5-6(16)1-4-10(9)19-13/h1-5H,17H2. The molecule has 0 atom stereocenters. The van der Waals surface area contributed by atoms with E-state index in [2.05, 4.69) is 4.98 Å². The van der Waals surface area contributed by atoms with Gasteiger partial charge in [-0.1, -0.05) is 23.2 Å². The Labute approximate surface area is 122 Å². The predicted octanol–water partition coefficient (Wildman–Crippen LogP) is 4.99. The number of nitrogens with two attached hydrogens (primary N) is 1. The average Bonchev–Trinajstić information content (AvgIpc) is 2.77. The van der Waals surface area contributed by atoms with Crippen molar-refractivity contribution in [2.24, 2.45) is 0 Å². The fourth-order valence-corrected chi connectivity index (χ4v) is 3.28. The van der Waals surface area contributed by atoms with Crippen LogP contribution in [0, 0.1) is 5.82 Å². The zero-order valence-corrected chi connectivity index (χ0v) is 11.8. The molecular weight excluding hydrogens is 306 g/mol. The maximum Gasteiger partial charge on any atom is 0.128 e. The zero-order valence-electron chi connectivity index (χ0n) is 9.45. The summed E-state index contributed by atoms with van der Waals surface area (Å²) >= 11 is 13.5. The minimum absolute atomic E-state index is 0.325. The lowest BCUT2D eigenvalue weighted by atomic mass is 10.2. The normalized spacial score (nSPS) is 11.1. The summed E-state index contributed by atoms with van der Waals surface area (Å²) in [7, 11) is 0. The number of hydrogen-bond donors (Lipinski definition) is 1. The Hall–Kier alpha value is -1.36. The topological polar surface area (TPSA) is 38.9 Å². The third kappa shape index (κ3) is 2.16. The molecule has 0 bridgehead atoms. The molecule has 2 aromatic carbocycles. The molecular formula is C13H7Cl2FN2S. The van der Waals surface area contributed by atoms with E-state index in [0.29, 0.717) is 31.8 Å².